The molecule has 1 saturated heterocycles. The molecule has 1 aliphatic heterocycles. The summed E-state index contributed by atoms with van der Waals surface area (Å²) in [7, 11) is 0. The van der Waals surface area contributed by atoms with E-state index >= 15 is 0 Å². The summed E-state index contributed by atoms with van der Waals surface area (Å²) in [4.78, 5) is 20.8. The number of benzene rings is 2. The molecule has 3 rings (SSSR count). The largest absolute Gasteiger partial charge is 0.369 e. The van der Waals surface area contributed by atoms with E-state index in [-0.39, 0.29) is 18.0 Å². The van der Waals surface area contributed by atoms with Crippen molar-refractivity contribution < 1.29 is 9.18 Å². The minimum atomic E-state index is -0.401. The first-order valence-corrected chi connectivity index (χ1v) is 9.80. The molecule has 1 unspecified atom stereocenters. The van der Waals surface area contributed by atoms with Crippen LogP contribution in [-0.4, -0.2) is 47.5 Å². The van der Waals surface area contributed by atoms with Gasteiger partial charge in [0.2, 0.25) is 0 Å². The van der Waals surface area contributed by atoms with E-state index in [1.54, 1.807) is 41.3 Å². The van der Waals surface area contributed by atoms with Crippen LogP contribution in [0.25, 0.3) is 0 Å². The summed E-state index contributed by atoms with van der Waals surface area (Å²) in [5.41, 5.74) is 7.84. The molecule has 1 aliphatic rings. The van der Waals surface area contributed by atoms with Gasteiger partial charge < -0.3 is 20.9 Å². The summed E-state index contributed by atoms with van der Waals surface area (Å²) >= 11 is 0. The number of carbonyl (C=O) groups is 1. The highest BCUT2D eigenvalue weighted by atomic mass is 19.1. The van der Waals surface area contributed by atoms with E-state index in [0.29, 0.717) is 42.5 Å². The number of anilines is 1. The SMILES string of the molecule is CC(C)C1CN(C(=O)Nc2cccc(F)c2)CCN1C(N)=Nc1cccc(C#N)c1. The van der Waals surface area contributed by atoms with Crippen molar-refractivity contribution in [3.63, 3.8) is 0 Å². The Kier molecular flexibility index (Phi) is 6.52. The molecule has 2 aromatic carbocycles. The number of nitrogens with one attached hydrogen (secondary N) is 1. The van der Waals surface area contributed by atoms with Crippen molar-refractivity contribution in [3.05, 3.63) is 59.9 Å². The zero-order valence-corrected chi connectivity index (χ0v) is 17.0. The Labute approximate surface area is 175 Å². The number of hydrogen-bond acceptors (Lipinski definition) is 3. The Bertz CT molecular complexity index is 984. The number of nitriles is 1. The maximum Gasteiger partial charge on any atom is 0.321 e. The van der Waals surface area contributed by atoms with Crippen LogP contribution in [0.4, 0.5) is 20.6 Å². The quantitative estimate of drug-likeness (QED) is 0.600. The lowest BCUT2D eigenvalue weighted by Gasteiger charge is -2.43. The molecule has 0 aromatic heterocycles. The number of aliphatic imine (C=N–C) groups is 1. The van der Waals surface area contributed by atoms with Crippen LogP contribution in [0, 0.1) is 23.1 Å². The van der Waals surface area contributed by atoms with E-state index in [0.717, 1.165) is 0 Å². The standard InChI is InChI=1S/C22H25FN6O/c1-15(2)20-14-28(22(30)27-19-8-4-6-17(23)12-19)9-10-29(20)21(25)26-18-7-3-5-16(11-18)13-24/h3-8,11-12,15,20H,9-10,14H2,1-2H3,(H2,25,26)(H,27,30). The van der Waals surface area contributed by atoms with Crippen molar-refractivity contribution in [2.24, 2.45) is 16.6 Å². The number of halogens is 1. The Morgan fingerprint density at radius 1 is 1.27 bits per heavy atom. The van der Waals surface area contributed by atoms with E-state index in [9.17, 15) is 9.18 Å². The summed E-state index contributed by atoms with van der Waals surface area (Å²) < 4.78 is 13.4. The second-order valence-corrected chi connectivity index (χ2v) is 7.52. The second-order valence-electron chi connectivity index (χ2n) is 7.52. The Hall–Kier alpha value is -3.60. The van der Waals surface area contributed by atoms with Gasteiger partial charge in [0, 0.05) is 25.3 Å². The molecule has 2 amide bonds. The molecule has 0 aliphatic carbocycles. The third-order valence-electron chi connectivity index (χ3n) is 5.06. The Balaban J connectivity index is 1.72. The van der Waals surface area contributed by atoms with Crippen LogP contribution in [-0.2, 0) is 0 Å². The number of nitrogens with zero attached hydrogens (tertiary/aromatic N) is 4. The summed E-state index contributed by atoms with van der Waals surface area (Å²) in [6.45, 7) is 5.57. The second kappa shape index (κ2) is 9.27. The molecular formula is C22H25FN6O. The molecule has 0 saturated carbocycles. The van der Waals surface area contributed by atoms with Crippen molar-refractivity contribution in [2.45, 2.75) is 19.9 Å². The number of urea groups is 1. The van der Waals surface area contributed by atoms with Crippen molar-refractivity contribution in [3.8, 4) is 6.07 Å². The smallest absolute Gasteiger partial charge is 0.321 e. The van der Waals surface area contributed by atoms with Gasteiger partial charge in [-0.1, -0.05) is 26.0 Å². The fourth-order valence-electron chi connectivity index (χ4n) is 3.46. The monoisotopic (exact) mass is 408 g/mol. The van der Waals surface area contributed by atoms with Gasteiger partial charge in [-0.05, 0) is 42.3 Å². The molecule has 1 fully saturated rings. The molecule has 0 bridgehead atoms. The van der Waals surface area contributed by atoms with E-state index in [4.69, 9.17) is 11.0 Å². The highest BCUT2D eigenvalue weighted by Crippen LogP contribution is 2.21. The van der Waals surface area contributed by atoms with Gasteiger partial charge in [0.05, 0.1) is 23.4 Å². The summed E-state index contributed by atoms with van der Waals surface area (Å²) in [5, 5.41) is 11.8. The highest BCUT2D eigenvalue weighted by Gasteiger charge is 2.32. The first-order chi connectivity index (χ1) is 14.4. The molecule has 156 valence electrons. The Morgan fingerprint density at radius 3 is 2.73 bits per heavy atom. The zero-order chi connectivity index (χ0) is 21.7. The first-order valence-electron chi connectivity index (χ1n) is 9.80. The average Bonchev–Trinajstić information content (AvgIpc) is 2.73. The summed E-state index contributed by atoms with van der Waals surface area (Å²) in [6.07, 6.45) is 0. The maximum absolute atomic E-state index is 13.4. The third-order valence-corrected chi connectivity index (χ3v) is 5.06. The molecule has 0 radical (unpaired) electrons. The van der Waals surface area contributed by atoms with Crippen molar-refractivity contribution in [2.75, 3.05) is 25.0 Å². The van der Waals surface area contributed by atoms with Gasteiger partial charge in [0.1, 0.15) is 5.82 Å². The molecule has 30 heavy (non-hydrogen) atoms. The minimum Gasteiger partial charge on any atom is -0.369 e. The van der Waals surface area contributed by atoms with Crippen LogP contribution < -0.4 is 11.1 Å². The predicted octanol–water partition coefficient (Wildman–Crippen LogP) is 3.52. The van der Waals surface area contributed by atoms with Crippen molar-refractivity contribution in [1.29, 1.82) is 5.26 Å². The van der Waals surface area contributed by atoms with E-state index < -0.39 is 5.82 Å². The fraction of sp³-hybridized carbons (Fsp3) is 0.318. The summed E-state index contributed by atoms with van der Waals surface area (Å²) in [5.74, 6) is 0.171. The minimum absolute atomic E-state index is 0.0279. The molecular weight excluding hydrogens is 383 g/mol. The van der Waals surface area contributed by atoms with Gasteiger partial charge in [-0.2, -0.15) is 5.26 Å². The normalized spacial score (nSPS) is 17.0. The Morgan fingerprint density at radius 2 is 2.03 bits per heavy atom. The fourth-order valence-corrected chi connectivity index (χ4v) is 3.46. The molecule has 8 heteroatoms. The molecule has 2 aromatic rings. The third kappa shape index (κ3) is 5.06. The van der Waals surface area contributed by atoms with Crippen LogP contribution in [0.15, 0.2) is 53.5 Å². The number of amides is 2. The molecule has 1 atom stereocenters. The molecule has 3 N–H and O–H groups in total. The van der Waals surface area contributed by atoms with Crippen LogP contribution >= 0.6 is 0 Å². The number of rotatable bonds is 3. The maximum atomic E-state index is 13.4. The van der Waals surface area contributed by atoms with Gasteiger partial charge in [-0.15, -0.1) is 0 Å². The average molecular weight is 408 g/mol. The topological polar surface area (TPSA) is 97.8 Å². The van der Waals surface area contributed by atoms with Crippen molar-refractivity contribution >= 4 is 23.4 Å². The van der Waals surface area contributed by atoms with Crippen LogP contribution in [0.5, 0.6) is 0 Å². The van der Waals surface area contributed by atoms with Gasteiger partial charge in [0.25, 0.3) is 0 Å². The van der Waals surface area contributed by atoms with E-state index in [2.05, 4.69) is 30.2 Å². The number of nitrogens with two attached hydrogens (primary N) is 1. The highest BCUT2D eigenvalue weighted by molar-refractivity contribution is 5.89. The lowest BCUT2D eigenvalue weighted by molar-refractivity contribution is 0.119. The van der Waals surface area contributed by atoms with Gasteiger partial charge in [-0.25, -0.2) is 14.2 Å². The number of hydrogen-bond donors (Lipinski definition) is 2. The number of carbonyl (C=O) groups excluding carboxylic acids is 1. The predicted molar refractivity (Wildman–Crippen MR) is 115 cm³/mol. The molecule has 7 nitrogen and oxygen atoms in total. The molecule has 0 spiro atoms. The lowest BCUT2D eigenvalue weighted by Crippen LogP contribution is -2.60. The summed E-state index contributed by atoms with van der Waals surface area (Å²) in [6, 6.07) is 14.6. The van der Waals surface area contributed by atoms with Gasteiger partial charge >= 0.3 is 6.03 Å². The van der Waals surface area contributed by atoms with Crippen LogP contribution in [0.3, 0.4) is 0 Å². The van der Waals surface area contributed by atoms with Crippen LogP contribution in [0.2, 0.25) is 0 Å². The first kappa shape index (κ1) is 21.1. The van der Waals surface area contributed by atoms with Crippen LogP contribution in [0.1, 0.15) is 19.4 Å². The lowest BCUT2D eigenvalue weighted by atomic mass is 10.00. The van der Waals surface area contributed by atoms with Crippen molar-refractivity contribution in [1.82, 2.24) is 9.80 Å². The van der Waals surface area contributed by atoms with Gasteiger partial charge in [0.15, 0.2) is 5.96 Å². The van der Waals surface area contributed by atoms with E-state index in [1.165, 1.54) is 12.1 Å². The zero-order valence-electron chi connectivity index (χ0n) is 17.0. The number of piperazine rings is 1. The number of guanidine groups is 1. The molecule has 1 heterocycles. The van der Waals surface area contributed by atoms with Gasteiger partial charge in [-0.3, -0.25) is 0 Å². The van der Waals surface area contributed by atoms with E-state index in [1.807, 2.05) is 4.90 Å².